The van der Waals surface area contributed by atoms with E-state index < -0.39 is 0 Å². The first-order chi connectivity index (χ1) is 12.9. The van der Waals surface area contributed by atoms with Gasteiger partial charge in [0.1, 0.15) is 11.8 Å². The summed E-state index contributed by atoms with van der Waals surface area (Å²) < 4.78 is 11.7. The maximum absolute atomic E-state index is 11.4. The molecule has 27 heavy (non-hydrogen) atoms. The molecule has 1 aromatic carbocycles. The Labute approximate surface area is 161 Å². The molecular formula is C18H22ClN5O3. The second-order valence-corrected chi connectivity index (χ2v) is 6.92. The van der Waals surface area contributed by atoms with Crippen molar-refractivity contribution in [1.29, 1.82) is 0 Å². The van der Waals surface area contributed by atoms with Crippen LogP contribution < -0.4 is 5.32 Å². The molecular weight excluding hydrogens is 370 g/mol. The van der Waals surface area contributed by atoms with Crippen molar-refractivity contribution in [3.63, 3.8) is 0 Å². The van der Waals surface area contributed by atoms with Gasteiger partial charge >= 0.3 is 5.97 Å². The molecule has 0 fully saturated rings. The number of halogens is 1. The highest BCUT2D eigenvalue weighted by Gasteiger charge is 2.12. The van der Waals surface area contributed by atoms with Crippen LogP contribution in [0.2, 0.25) is 5.02 Å². The van der Waals surface area contributed by atoms with Crippen molar-refractivity contribution in [2.75, 3.05) is 18.8 Å². The minimum Gasteiger partial charge on any atom is -0.438 e. The van der Waals surface area contributed by atoms with Crippen LogP contribution in [0.1, 0.15) is 26.0 Å². The Balaban J connectivity index is 1.49. The lowest BCUT2D eigenvalue weighted by Crippen LogP contribution is -2.13. The molecule has 0 unspecified atom stereocenters. The molecule has 0 saturated carbocycles. The van der Waals surface area contributed by atoms with Gasteiger partial charge in [0.25, 0.3) is 0 Å². The molecule has 9 heteroatoms. The van der Waals surface area contributed by atoms with Crippen LogP contribution >= 0.6 is 11.6 Å². The summed E-state index contributed by atoms with van der Waals surface area (Å²) in [7, 11) is 0. The number of anilines is 1. The average molecular weight is 392 g/mol. The Bertz CT molecular complexity index is 917. The van der Waals surface area contributed by atoms with Crippen molar-refractivity contribution < 1.29 is 14.3 Å². The fourth-order valence-corrected chi connectivity index (χ4v) is 2.62. The van der Waals surface area contributed by atoms with E-state index in [1.54, 1.807) is 0 Å². The normalized spacial score (nSPS) is 11.3. The number of hydrogen-bond acceptors (Lipinski definition) is 6. The van der Waals surface area contributed by atoms with Gasteiger partial charge in [0.2, 0.25) is 0 Å². The van der Waals surface area contributed by atoms with E-state index in [4.69, 9.17) is 21.1 Å². The highest BCUT2D eigenvalue weighted by Crippen LogP contribution is 2.24. The summed E-state index contributed by atoms with van der Waals surface area (Å²) in [5.41, 5.74) is 3.18. The number of aromatic nitrogens is 4. The van der Waals surface area contributed by atoms with Gasteiger partial charge in [-0.2, -0.15) is 5.10 Å². The van der Waals surface area contributed by atoms with Gasteiger partial charge in [-0.05, 0) is 37.1 Å². The molecule has 0 aliphatic heterocycles. The number of carbonyl (C=O) groups excluding carboxylic acids is 1. The number of aryl methyl sites for hydroxylation is 1. The molecule has 8 nitrogen and oxygen atoms in total. The number of H-pyrrole nitrogens is 1. The SMILES string of the molecule is Cc1nn2nc(-c3ccc(NCOCOC(=O)CC(C)C)cc3)[nH]c2c1Cl. The van der Waals surface area contributed by atoms with Crippen LogP contribution in [0.5, 0.6) is 0 Å². The summed E-state index contributed by atoms with van der Waals surface area (Å²) >= 11 is 6.18. The van der Waals surface area contributed by atoms with E-state index in [1.807, 2.05) is 45.0 Å². The summed E-state index contributed by atoms with van der Waals surface area (Å²) in [6.07, 6.45) is 0.389. The molecule has 0 radical (unpaired) electrons. The summed E-state index contributed by atoms with van der Waals surface area (Å²) in [6.45, 7) is 5.92. The summed E-state index contributed by atoms with van der Waals surface area (Å²) in [4.78, 5) is 14.6. The summed E-state index contributed by atoms with van der Waals surface area (Å²) in [6, 6.07) is 7.65. The zero-order valence-corrected chi connectivity index (χ0v) is 16.2. The van der Waals surface area contributed by atoms with E-state index in [1.165, 1.54) is 4.63 Å². The Morgan fingerprint density at radius 3 is 2.70 bits per heavy atom. The number of carbonyl (C=O) groups is 1. The number of aromatic amines is 1. The molecule has 0 aliphatic rings. The molecule has 3 rings (SSSR count). The fraction of sp³-hybridized carbons (Fsp3) is 0.389. The van der Waals surface area contributed by atoms with Crippen molar-refractivity contribution >= 4 is 28.9 Å². The third-order valence-corrected chi connectivity index (χ3v) is 4.27. The number of ether oxygens (including phenoxy) is 2. The second kappa shape index (κ2) is 8.41. The molecule has 2 N–H and O–H groups in total. The van der Waals surface area contributed by atoms with Crippen LogP contribution in [-0.2, 0) is 14.3 Å². The lowest BCUT2D eigenvalue weighted by atomic mass is 10.1. The lowest BCUT2D eigenvalue weighted by Gasteiger charge is -2.09. The van der Waals surface area contributed by atoms with Crippen molar-refractivity contribution in [2.24, 2.45) is 5.92 Å². The molecule has 0 saturated heterocycles. The van der Waals surface area contributed by atoms with E-state index in [0.717, 1.165) is 16.9 Å². The molecule has 0 atom stereocenters. The smallest absolute Gasteiger partial charge is 0.308 e. The van der Waals surface area contributed by atoms with Crippen molar-refractivity contribution in [1.82, 2.24) is 19.8 Å². The van der Waals surface area contributed by atoms with Crippen LogP contribution in [0.15, 0.2) is 24.3 Å². The molecule has 2 heterocycles. The average Bonchev–Trinajstić information content (AvgIpc) is 3.14. The highest BCUT2D eigenvalue weighted by atomic mass is 35.5. The molecule has 0 spiro atoms. The van der Waals surface area contributed by atoms with Gasteiger partial charge in [0.05, 0.1) is 5.69 Å². The van der Waals surface area contributed by atoms with E-state index in [9.17, 15) is 4.79 Å². The Hall–Kier alpha value is -2.58. The molecule has 0 aliphatic carbocycles. The number of rotatable bonds is 8. The van der Waals surface area contributed by atoms with Crippen LogP contribution in [0, 0.1) is 12.8 Å². The molecule has 2 aromatic heterocycles. The minimum absolute atomic E-state index is 0.0665. The van der Waals surface area contributed by atoms with Crippen molar-refractivity contribution in [3.8, 4) is 11.4 Å². The standard InChI is InChI=1S/C18H22ClN5O3/c1-11(2)8-15(25)27-10-26-9-20-14-6-4-13(5-7-14)17-21-18-16(19)12(3)22-24(18)23-17/h4-7,11,20H,8-10H2,1-3H3,(H,21,23). The van der Waals surface area contributed by atoms with Crippen LogP contribution in [0.25, 0.3) is 17.0 Å². The minimum atomic E-state index is -0.255. The van der Waals surface area contributed by atoms with Gasteiger partial charge in [-0.1, -0.05) is 25.4 Å². The molecule has 3 aromatic rings. The van der Waals surface area contributed by atoms with Gasteiger partial charge in [-0.15, -0.1) is 9.73 Å². The van der Waals surface area contributed by atoms with Gasteiger partial charge in [0, 0.05) is 17.7 Å². The Morgan fingerprint density at radius 1 is 1.30 bits per heavy atom. The first-order valence-electron chi connectivity index (χ1n) is 8.63. The second-order valence-electron chi connectivity index (χ2n) is 6.55. The van der Waals surface area contributed by atoms with Crippen molar-refractivity contribution in [2.45, 2.75) is 27.2 Å². The zero-order chi connectivity index (χ0) is 19.4. The van der Waals surface area contributed by atoms with Gasteiger partial charge in [-0.3, -0.25) is 4.79 Å². The van der Waals surface area contributed by atoms with Gasteiger partial charge < -0.3 is 19.8 Å². The quantitative estimate of drug-likeness (QED) is 0.346. The van der Waals surface area contributed by atoms with E-state index in [-0.39, 0.29) is 25.4 Å². The predicted octanol–water partition coefficient (Wildman–Crippen LogP) is 3.62. The number of nitrogens with zero attached hydrogens (tertiary/aromatic N) is 3. The maximum atomic E-state index is 11.4. The van der Waals surface area contributed by atoms with Crippen LogP contribution in [0.4, 0.5) is 5.69 Å². The number of hydrogen-bond donors (Lipinski definition) is 2. The van der Waals surface area contributed by atoms with Crippen molar-refractivity contribution in [3.05, 3.63) is 35.0 Å². The predicted molar refractivity (Wildman–Crippen MR) is 103 cm³/mol. The maximum Gasteiger partial charge on any atom is 0.308 e. The van der Waals surface area contributed by atoms with E-state index >= 15 is 0 Å². The van der Waals surface area contributed by atoms with Crippen LogP contribution in [0.3, 0.4) is 0 Å². The lowest BCUT2D eigenvalue weighted by molar-refractivity contribution is -0.156. The zero-order valence-electron chi connectivity index (χ0n) is 15.5. The van der Waals surface area contributed by atoms with E-state index in [0.29, 0.717) is 22.9 Å². The number of benzene rings is 1. The largest absolute Gasteiger partial charge is 0.438 e. The third-order valence-electron chi connectivity index (χ3n) is 3.82. The topological polar surface area (TPSA) is 93.5 Å². The number of fused-ring (bicyclic) bond motifs is 1. The Kier molecular flexibility index (Phi) is 5.98. The summed E-state index contributed by atoms with van der Waals surface area (Å²) in [5, 5.41) is 12.3. The van der Waals surface area contributed by atoms with Crippen LogP contribution in [-0.4, -0.2) is 39.3 Å². The molecule has 0 bridgehead atoms. The monoisotopic (exact) mass is 391 g/mol. The Morgan fingerprint density at radius 2 is 2.04 bits per heavy atom. The third kappa shape index (κ3) is 4.78. The number of nitrogens with one attached hydrogen (secondary N) is 2. The first kappa shape index (κ1) is 19.2. The number of esters is 1. The van der Waals surface area contributed by atoms with E-state index in [2.05, 4.69) is 20.5 Å². The van der Waals surface area contributed by atoms with Gasteiger partial charge in [0.15, 0.2) is 18.3 Å². The first-order valence-corrected chi connectivity index (χ1v) is 9.00. The van der Waals surface area contributed by atoms with Gasteiger partial charge in [-0.25, -0.2) is 0 Å². The fourth-order valence-electron chi connectivity index (χ4n) is 2.46. The highest BCUT2D eigenvalue weighted by molar-refractivity contribution is 6.34. The summed E-state index contributed by atoms with van der Waals surface area (Å²) in [5.74, 6) is 0.696. The molecule has 144 valence electrons. The molecule has 0 amide bonds.